The van der Waals surface area contributed by atoms with E-state index in [0.29, 0.717) is 5.13 Å². The van der Waals surface area contributed by atoms with Crippen molar-refractivity contribution < 1.29 is 4.79 Å². The molecule has 0 radical (unpaired) electrons. The fraction of sp³-hybridized carbons (Fsp3) is 0.231. The van der Waals surface area contributed by atoms with Crippen molar-refractivity contribution in [2.75, 3.05) is 5.32 Å². The predicted octanol–water partition coefficient (Wildman–Crippen LogP) is 2.96. The van der Waals surface area contributed by atoms with E-state index in [-0.39, 0.29) is 11.8 Å². The normalized spacial score (nSPS) is 12.1. The third-order valence-electron chi connectivity index (χ3n) is 2.49. The number of carbonyl (C=O) groups is 1. The Morgan fingerprint density at radius 1 is 1.41 bits per heavy atom. The number of aromatic nitrogens is 1. The van der Waals surface area contributed by atoms with Crippen molar-refractivity contribution >= 4 is 22.4 Å². The summed E-state index contributed by atoms with van der Waals surface area (Å²) in [6.07, 6.45) is 2.43. The zero-order valence-corrected chi connectivity index (χ0v) is 10.4. The maximum Gasteiger partial charge on any atom is 0.229 e. The maximum atomic E-state index is 11.9. The van der Waals surface area contributed by atoms with Crippen LogP contribution < -0.4 is 5.32 Å². The molecule has 4 heteroatoms. The highest BCUT2D eigenvalue weighted by molar-refractivity contribution is 7.13. The first kappa shape index (κ1) is 11.8. The van der Waals surface area contributed by atoms with Crippen LogP contribution in [0.2, 0.25) is 0 Å². The number of nitrogens with zero attached hydrogens (tertiary/aromatic N) is 1. The van der Waals surface area contributed by atoms with Crippen LogP contribution in [0.5, 0.6) is 0 Å². The van der Waals surface area contributed by atoms with Crippen molar-refractivity contribution in [3.8, 4) is 0 Å². The lowest BCUT2D eigenvalue weighted by Gasteiger charge is -2.10. The third kappa shape index (κ3) is 3.39. The molecule has 1 aromatic carbocycles. The molecule has 88 valence electrons. The van der Waals surface area contributed by atoms with Gasteiger partial charge < -0.3 is 5.32 Å². The van der Waals surface area contributed by atoms with E-state index in [0.717, 1.165) is 6.42 Å². The molecule has 1 heterocycles. The van der Waals surface area contributed by atoms with E-state index in [1.807, 2.05) is 42.6 Å². The van der Waals surface area contributed by atoms with E-state index in [9.17, 15) is 4.79 Å². The minimum absolute atomic E-state index is 0.0174. The van der Waals surface area contributed by atoms with Crippen LogP contribution in [0.1, 0.15) is 12.5 Å². The number of thiazole rings is 1. The predicted molar refractivity (Wildman–Crippen MR) is 70.1 cm³/mol. The zero-order valence-electron chi connectivity index (χ0n) is 9.59. The van der Waals surface area contributed by atoms with Crippen molar-refractivity contribution in [3.63, 3.8) is 0 Å². The van der Waals surface area contributed by atoms with Gasteiger partial charge in [0.15, 0.2) is 5.13 Å². The number of hydrogen-bond donors (Lipinski definition) is 1. The molecule has 1 atom stereocenters. The van der Waals surface area contributed by atoms with Gasteiger partial charge in [-0.3, -0.25) is 4.79 Å². The zero-order chi connectivity index (χ0) is 12.1. The summed E-state index contributed by atoms with van der Waals surface area (Å²) in [6.45, 7) is 1.93. The molecule has 1 N–H and O–H groups in total. The number of nitrogens with one attached hydrogen (secondary N) is 1. The Bertz CT molecular complexity index is 467. The lowest BCUT2D eigenvalue weighted by atomic mass is 10.0. The molecule has 0 bridgehead atoms. The van der Waals surface area contributed by atoms with E-state index in [1.54, 1.807) is 6.20 Å². The number of benzene rings is 1. The molecule has 0 aliphatic heterocycles. The molecule has 3 nitrogen and oxygen atoms in total. The van der Waals surface area contributed by atoms with Crippen LogP contribution >= 0.6 is 11.3 Å². The maximum absolute atomic E-state index is 11.9. The Labute approximate surface area is 105 Å². The summed E-state index contributed by atoms with van der Waals surface area (Å²) in [5.41, 5.74) is 1.18. The van der Waals surface area contributed by atoms with Gasteiger partial charge in [0.25, 0.3) is 0 Å². The lowest BCUT2D eigenvalue weighted by molar-refractivity contribution is -0.119. The lowest BCUT2D eigenvalue weighted by Crippen LogP contribution is -2.22. The van der Waals surface area contributed by atoms with Crippen molar-refractivity contribution in [1.82, 2.24) is 4.98 Å². The van der Waals surface area contributed by atoms with E-state index in [1.165, 1.54) is 16.9 Å². The van der Waals surface area contributed by atoms with Gasteiger partial charge in [-0.15, -0.1) is 11.3 Å². The van der Waals surface area contributed by atoms with Crippen LogP contribution in [-0.4, -0.2) is 10.9 Å². The average molecular weight is 246 g/mol. The minimum Gasteiger partial charge on any atom is -0.302 e. The Hall–Kier alpha value is -1.68. The first-order valence-electron chi connectivity index (χ1n) is 5.50. The Morgan fingerprint density at radius 2 is 2.18 bits per heavy atom. The highest BCUT2D eigenvalue weighted by Gasteiger charge is 2.14. The summed E-state index contributed by atoms with van der Waals surface area (Å²) in [5.74, 6) is -0.0369. The van der Waals surface area contributed by atoms with Gasteiger partial charge >= 0.3 is 0 Å². The third-order valence-corrected chi connectivity index (χ3v) is 3.18. The van der Waals surface area contributed by atoms with Crippen molar-refractivity contribution in [2.24, 2.45) is 5.92 Å². The Morgan fingerprint density at radius 3 is 2.82 bits per heavy atom. The molecule has 0 saturated carbocycles. The van der Waals surface area contributed by atoms with Crippen LogP contribution in [0.4, 0.5) is 5.13 Å². The van der Waals surface area contributed by atoms with Gasteiger partial charge in [0.1, 0.15) is 0 Å². The number of rotatable bonds is 4. The van der Waals surface area contributed by atoms with Gasteiger partial charge in [0, 0.05) is 17.5 Å². The summed E-state index contributed by atoms with van der Waals surface area (Å²) in [6, 6.07) is 10.0. The second-order valence-corrected chi connectivity index (χ2v) is 4.81. The summed E-state index contributed by atoms with van der Waals surface area (Å²) in [7, 11) is 0. The molecule has 0 fully saturated rings. The Balaban J connectivity index is 1.92. The Kier molecular flexibility index (Phi) is 3.88. The summed E-state index contributed by atoms with van der Waals surface area (Å²) >= 11 is 1.43. The van der Waals surface area contributed by atoms with E-state index in [2.05, 4.69) is 10.3 Å². The minimum atomic E-state index is -0.0544. The number of anilines is 1. The van der Waals surface area contributed by atoms with E-state index < -0.39 is 0 Å². The van der Waals surface area contributed by atoms with Crippen LogP contribution in [0.25, 0.3) is 0 Å². The second-order valence-electron chi connectivity index (χ2n) is 3.92. The van der Waals surface area contributed by atoms with Crippen molar-refractivity contribution in [2.45, 2.75) is 13.3 Å². The number of hydrogen-bond acceptors (Lipinski definition) is 3. The van der Waals surface area contributed by atoms with Crippen LogP contribution in [0.15, 0.2) is 41.9 Å². The molecular weight excluding hydrogens is 232 g/mol. The first-order valence-corrected chi connectivity index (χ1v) is 6.38. The molecular formula is C13H14N2OS. The number of amides is 1. The van der Waals surface area contributed by atoms with Crippen molar-refractivity contribution in [1.29, 1.82) is 0 Å². The van der Waals surface area contributed by atoms with Gasteiger partial charge in [0.2, 0.25) is 5.91 Å². The van der Waals surface area contributed by atoms with Crippen LogP contribution in [0.3, 0.4) is 0 Å². The molecule has 0 aliphatic rings. The molecule has 0 spiro atoms. The number of carbonyl (C=O) groups excluding carboxylic acids is 1. The molecule has 2 aromatic rings. The van der Waals surface area contributed by atoms with Gasteiger partial charge in [0.05, 0.1) is 0 Å². The highest BCUT2D eigenvalue weighted by atomic mass is 32.1. The summed E-state index contributed by atoms with van der Waals surface area (Å²) in [5, 5.41) is 5.32. The molecule has 0 aliphatic carbocycles. The highest BCUT2D eigenvalue weighted by Crippen LogP contribution is 2.14. The van der Waals surface area contributed by atoms with Gasteiger partial charge in [-0.2, -0.15) is 0 Å². The smallest absolute Gasteiger partial charge is 0.229 e. The largest absolute Gasteiger partial charge is 0.302 e. The topological polar surface area (TPSA) is 42.0 Å². The fourth-order valence-corrected chi connectivity index (χ4v) is 2.11. The summed E-state index contributed by atoms with van der Waals surface area (Å²) < 4.78 is 0. The van der Waals surface area contributed by atoms with Crippen LogP contribution in [0, 0.1) is 5.92 Å². The summed E-state index contributed by atoms with van der Waals surface area (Å²) in [4.78, 5) is 15.9. The van der Waals surface area contributed by atoms with Gasteiger partial charge in [-0.25, -0.2) is 4.98 Å². The quantitative estimate of drug-likeness (QED) is 0.901. The molecule has 17 heavy (non-hydrogen) atoms. The molecule has 0 saturated heterocycles. The first-order chi connectivity index (χ1) is 8.25. The average Bonchev–Trinajstić information content (AvgIpc) is 2.83. The second kappa shape index (κ2) is 5.59. The van der Waals surface area contributed by atoms with E-state index >= 15 is 0 Å². The van der Waals surface area contributed by atoms with Gasteiger partial charge in [-0.05, 0) is 12.0 Å². The standard InChI is InChI=1S/C13H14N2OS/c1-10(9-11-5-3-2-4-6-11)12(16)15-13-14-7-8-17-13/h2-8,10H,9H2,1H3,(H,14,15,16). The SMILES string of the molecule is CC(Cc1ccccc1)C(=O)Nc1nccs1. The van der Waals surface area contributed by atoms with Gasteiger partial charge in [-0.1, -0.05) is 37.3 Å². The van der Waals surface area contributed by atoms with E-state index in [4.69, 9.17) is 0 Å². The van der Waals surface area contributed by atoms with Crippen molar-refractivity contribution in [3.05, 3.63) is 47.5 Å². The molecule has 1 aromatic heterocycles. The molecule has 2 rings (SSSR count). The molecule has 1 amide bonds. The van der Waals surface area contributed by atoms with Crippen LogP contribution in [-0.2, 0) is 11.2 Å². The fourth-order valence-electron chi connectivity index (χ4n) is 1.57. The monoisotopic (exact) mass is 246 g/mol. The molecule has 1 unspecified atom stereocenters.